The van der Waals surface area contributed by atoms with Crippen LogP contribution in [0.15, 0.2) is 18.2 Å². The van der Waals surface area contributed by atoms with E-state index in [1.54, 1.807) is 0 Å². The molecule has 0 radical (unpaired) electrons. The van der Waals surface area contributed by atoms with Crippen molar-refractivity contribution < 1.29 is 13.5 Å². The van der Waals surface area contributed by atoms with Gasteiger partial charge in [-0.25, -0.2) is 8.78 Å². The second-order valence-electron chi connectivity index (χ2n) is 5.28. The minimum Gasteiger partial charge on any atom is -0.490 e. The van der Waals surface area contributed by atoms with Gasteiger partial charge >= 0.3 is 0 Å². The van der Waals surface area contributed by atoms with Gasteiger partial charge < -0.3 is 4.74 Å². The molecule has 2 nitrogen and oxygen atoms in total. The molecule has 1 heterocycles. The minimum atomic E-state index is -2.24. The van der Waals surface area contributed by atoms with Crippen molar-refractivity contribution in [2.75, 3.05) is 19.6 Å². The summed E-state index contributed by atoms with van der Waals surface area (Å²) in [4.78, 5) is 1.81. The van der Waals surface area contributed by atoms with Crippen LogP contribution >= 0.6 is 0 Å². The number of rotatable bonds is 4. The van der Waals surface area contributed by atoms with Crippen LogP contribution in [0.2, 0.25) is 0 Å². The van der Waals surface area contributed by atoms with E-state index < -0.39 is 6.43 Å². The number of piperidine rings is 1. The number of alkyl halides is 2. The van der Waals surface area contributed by atoms with Crippen molar-refractivity contribution in [3.05, 3.63) is 29.3 Å². The molecular weight excluding hydrogens is 248 g/mol. The Balaban J connectivity index is 1.87. The van der Waals surface area contributed by atoms with Gasteiger partial charge in [-0.3, -0.25) is 4.90 Å². The van der Waals surface area contributed by atoms with Crippen LogP contribution in [0.5, 0.6) is 5.75 Å². The molecule has 1 fully saturated rings. The van der Waals surface area contributed by atoms with Crippen LogP contribution < -0.4 is 4.74 Å². The van der Waals surface area contributed by atoms with Crippen molar-refractivity contribution in [2.24, 2.45) is 0 Å². The lowest BCUT2D eigenvalue weighted by molar-refractivity contribution is 0.0477. The van der Waals surface area contributed by atoms with E-state index in [0.717, 1.165) is 24.2 Å². The Bertz CT molecular complexity index is 415. The van der Waals surface area contributed by atoms with E-state index in [2.05, 4.69) is 12.1 Å². The second kappa shape index (κ2) is 6.33. The van der Waals surface area contributed by atoms with Gasteiger partial charge in [-0.2, -0.15) is 0 Å². The lowest BCUT2D eigenvalue weighted by Crippen LogP contribution is -2.40. The van der Waals surface area contributed by atoms with Crippen LogP contribution in [0.25, 0.3) is 0 Å². The van der Waals surface area contributed by atoms with E-state index in [1.807, 2.05) is 24.8 Å². The number of nitrogens with zero attached hydrogens (tertiary/aromatic N) is 1. The zero-order valence-corrected chi connectivity index (χ0v) is 11.5. The van der Waals surface area contributed by atoms with Crippen LogP contribution in [0.4, 0.5) is 8.78 Å². The molecule has 1 aliphatic rings. The smallest absolute Gasteiger partial charge is 0.251 e. The van der Waals surface area contributed by atoms with Crippen LogP contribution in [0, 0.1) is 13.8 Å². The average Bonchev–Trinajstić information content (AvgIpc) is 2.35. The number of benzene rings is 1. The monoisotopic (exact) mass is 269 g/mol. The first-order valence-corrected chi connectivity index (χ1v) is 6.79. The van der Waals surface area contributed by atoms with Gasteiger partial charge in [0.05, 0.1) is 6.54 Å². The Morgan fingerprint density at radius 3 is 2.58 bits per heavy atom. The van der Waals surface area contributed by atoms with Crippen LogP contribution in [-0.4, -0.2) is 37.1 Å². The second-order valence-corrected chi connectivity index (χ2v) is 5.28. The molecule has 4 heteroatoms. The molecule has 0 unspecified atom stereocenters. The third-order valence-corrected chi connectivity index (χ3v) is 3.57. The maximum atomic E-state index is 12.3. The first kappa shape index (κ1) is 14.3. The molecular formula is C15H21F2NO. The maximum absolute atomic E-state index is 12.3. The summed E-state index contributed by atoms with van der Waals surface area (Å²) in [5.74, 6) is 0.923. The minimum absolute atomic E-state index is 0.115. The molecule has 0 bridgehead atoms. The molecule has 0 N–H and O–H groups in total. The topological polar surface area (TPSA) is 12.5 Å². The summed E-state index contributed by atoms with van der Waals surface area (Å²) in [6.45, 7) is 5.34. The van der Waals surface area contributed by atoms with E-state index in [0.29, 0.717) is 13.1 Å². The highest BCUT2D eigenvalue weighted by atomic mass is 19.3. The van der Waals surface area contributed by atoms with Crippen molar-refractivity contribution >= 4 is 0 Å². The average molecular weight is 269 g/mol. The van der Waals surface area contributed by atoms with Crippen molar-refractivity contribution in [3.8, 4) is 5.75 Å². The summed E-state index contributed by atoms with van der Waals surface area (Å²) in [5.41, 5.74) is 2.30. The Labute approximate surface area is 113 Å². The molecule has 0 atom stereocenters. The van der Waals surface area contributed by atoms with E-state index in [4.69, 9.17) is 4.74 Å². The van der Waals surface area contributed by atoms with Gasteiger partial charge in [0, 0.05) is 13.1 Å². The lowest BCUT2D eigenvalue weighted by atomic mass is 10.1. The number of hydrogen-bond acceptors (Lipinski definition) is 2. The molecule has 1 aliphatic heterocycles. The fourth-order valence-electron chi connectivity index (χ4n) is 2.42. The molecule has 1 aromatic rings. The SMILES string of the molecule is Cc1ccc(C)c(OC2CCN(CC(F)F)CC2)c1. The number of ether oxygens (including phenoxy) is 1. The van der Waals surface area contributed by atoms with Crippen molar-refractivity contribution in [2.45, 2.75) is 39.2 Å². The van der Waals surface area contributed by atoms with Crippen LogP contribution in [-0.2, 0) is 0 Å². The largest absolute Gasteiger partial charge is 0.490 e. The first-order valence-electron chi connectivity index (χ1n) is 6.79. The highest BCUT2D eigenvalue weighted by Crippen LogP contribution is 2.24. The van der Waals surface area contributed by atoms with E-state index in [-0.39, 0.29) is 12.6 Å². The number of halogens is 2. The molecule has 106 valence electrons. The van der Waals surface area contributed by atoms with Crippen LogP contribution in [0.3, 0.4) is 0 Å². The number of hydrogen-bond donors (Lipinski definition) is 0. The normalized spacial score (nSPS) is 17.9. The van der Waals surface area contributed by atoms with E-state index in [9.17, 15) is 8.78 Å². The van der Waals surface area contributed by atoms with Gasteiger partial charge in [0.15, 0.2) is 0 Å². The molecule has 1 saturated heterocycles. The van der Waals surface area contributed by atoms with Crippen LogP contribution in [0.1, 0.15) is 24.0 Å². The third kappa shape index (κ3) is 4.16. The number of aryl methyl sites for hydroxylation is 2. The fourth-order valence-corrected chi connectivity index (χ4v) is 2.42. The van der Waals surface area contributed by atoms with Crippen molar-refractivity contribution in [1.29, 1.82) is 0 Å². The molecule has 0 aromatic heterocycles. The fraction of sp³-hybridized carbons (Fsp3) is 0.600. The predicted molar refractivity (Wildman–Crippen MR) is 72.0 cm³/mol. The molecule has 0 spiro atoms. The summed E-state index contributed by atoms with van der Waals surface area (Å²) in [6, 6.07) is 6.16. The molecule has 2 rings (SSSR count). The summed E-state index contributed by atoms with van der Waals surface area (Å²) in [5, 5.41) is 0. The van der Waals surface area contributed by atoms with E-state index >= 15 is 0 Å². The quantitative estimate of drug-likeness (QED) is 0.830. The standard InChI is InChI=1S/C15H21F2NO/c1-11-3-4-12(2)14(9-11)19-13-5-7-18(8-6-13)10-15(16)17/h3-4,9,13,15H,5-8,10H2,1-2H3. The number of likely N-dealkylation sites (tertiary alicyclic amines) is 1. The van der Waals surface area contributed by atoms with Crippen molar-refractivity contribution in [3.63, 3.8) is 0 Å². The van der Waals surface area contributed by atoms with Gasteiger partial charge in [-0.05, 0) is 43.9 Å². The third-order valence-electron chi connectivity index (χ3n) is 3.57. The summed E-state index contributed by atoms with van der Waals surface area (Å²) in [6.07, 6.45) is -0.453. The Morgan fingerprint density at radius 2 is 1.95 bits per heavy atom. The highest BCUT2D eigenvalue weighted by Gasteiger charge is 2.22. The van der Waals surface area contributed by atoms with E-state index in [1.165, 1.54) is 5.56 Å². The Hall–Kier alpha value is -1.16. The zero-order chi connectivity index (χ0) is 13.8. The molecule has 19 heavy (non-hydrogen) atoms. The first-order chi connectivity index (χ1) is 9.04. The predicted octanol–water partition coefficient (Wildman–Crippen LogP) is 3.41. The molecule has 1 aromatic carbocycles. The highest BCUT2D eigenvalue weighted by molar-refractivity contribution is 5.36. The molecule has 0 amide bonds. The van der Waals surface area contributed by atoms with Crippen molar-refractivity contribution in [1.82, 2.24) is 4.90 Å². The maximum Gasteiger partial charge on any atom is 0.251 e. The molecule has 0 aliphatic carbocycles. The van der Waals surface area contributed by atoms with Gasteiger partial charge in [0.1, 0.15) is 11.9 Å². The summed E-state index contributed by atoms with van der Waals surface area (Å²) < 4.78 is 30.6. The van der Waals surface area contributed by atoms with Gasteiger partial charge in [-0.1, -0.05) is 12.1 Å². The Kier molecular flexibility index (Phi) is 4.75. The van der Waals surface area contributed by atoms with Gasteiger partial charge in [0.2, 0.25) is 0 Å². The van der Waals surface area contributed by atoms with Gasteiger partial charge in [-0.15, -0.1) is 0 Å². The zero-order valence-electron chi connectivity index (χ0n) is 11.5. The summed E-state index contributed by atoms with van der Waals surface area (Å²) >= 11 is 0. The summed E-state index contributed by atoms with van der Waals surface area (Å²) in [7, 11) is 0. The molecule has 0 saturated carbocycles. The Morgan fingerprint density at radius 1 is 1.26 bits per heavy atom. The lowest BCUT2D eigenvalue weighted by Gasteiger charge is -2.32. The van der Waals surface area contributed by atoms with Gasteiger partial charge in [0.25, 0.3) is 6.43 Å².